The molecule has 2 saturated heterocycles. The standard InChI is InChI=1S/C24H27ClN4O3S2/c25-19-7-6-17(12-20(19)27-24-28-21-14-34(31,32)15-22(21)33-24)23(30)26-18-8-10-29(11-9-18)13-16-4-2-1-3-5-16/h1-7,12,18,21-22H,8-11,13-15H2,(H,26,30)(H,27,28)/t21-,22-/m1/s1. The van der Waals surface area contributed by atoms with Gasteiger partial charge >= 0.3 is 0 Å². The molecule has 2 aromatic rings. The molecule has 0 spiro atoms. The molecule has 5 rings (SSSR count). The number of likely N-dealkylation sites (tertiary alicyclic amines) is 1. The van der Waals surface area contributed by atoms with E-state index in [9.17, 15) is 13.2 Å². The topological polar surface area (TPSA) is 90.9 Å². The van der Waals surface area contributed by atoms with Gasteiger partial charge in [-0.3, -0.25) is 14.7 Å². The minimum absolute atomic E-state index is 0.0504. The Bertz CT molecular complexity index is 1200. The predicted molar refractivity (Wildman–Crippen MR) is 139 cm³/mol. The number of rotatable bonds is 5. The number of carbonyl (C=O) groups excluding carboxylic acids is 1. The SMILES string of the molecule is O=C(NC1CCN(Cc2ccccc2)CC1)c1ccc(Cl)c(NC2=N[C@@H]3CS(=O)(=O)C[C@H]3S2)c1. The van der Waals surface area contributed by atoms with Crippen LogP contribution < -0.4 is 10.6 Å². The van der Waals surface area contributed by atoms with Crippen LogP contribution >= 0.6 is 23.4 Å². The van der Waals surface area contributed by atoms with E-state index in [0.29, 0.717) is 21.4 Å². The lowest BCUT2D eigenvalue weighted by Gasteiger charge is -2.32. The van der Waals surface area contributed by atoms with Gasteiger partial charge in [-0.05, 0) is 36.6 Å². The van der Waals surface area contributed by atoms with Gasteiger partial charge in [0, 0.05) is 36.5 Å². The Kier molecular flexibility index (Phi) is 6.88. The Hall–Kier alpha value is -2.07. The minimum Gasteiger partial charge on any atom is -0.349 e. The lowest BCUT2D eigenvalue weighted by Crippen LogP contribution is -2.44. The molecule has 0 saturated carbocycles. The molecule has 0 radical (unpaired) electrons. The minimum atomic E-state index is -3.00. The number of sulfone groups is 1. The summed E-state index contributed by atoms with van der Waals surface area (Å²) in [5.74, 6) is 0.123. The highest BCUT2D eigenvalue weighted by Crippen LogP contribution is 2.35. The van der Waals surface area contributed by atoms with Gasteiger partial charge in [0.05, 0.1) is 28.3 Å². The number of nitrogens with one attached hydrogen (secondary N) is 2. The third-order valence-corrected chi connectivity index (χ3v) is 9.93. The van der Waals surface area contributed by atoms with Crippen LogP contribution in [0.25, 0.3) is 0 Å². The van der Waals surface area contributed by atoms with Gasteiger partial charge in [0.25, 0.3) is 5.91 Å². The smallest absolute Gasteiger partial charge is 0.251 e. The van der Waals surface area contributed by atoms with Gasteiger partial charge in [-0.2, -0.15) is 0 Å². The van der Waals surface area contributed by atoms with Crippen LogP contribution in [0.1, 0.15) is 28.8 Å². The first-order chi connectivity index (χ1) is 16.3. The van der Waals surface area contributed by atoms with E-state index < -0.39 is 9.84 Å². The maximum Gasteiger partial charge on any atom is 0.251 e. The molecule has 2 aromatic carbocycles. The molecule has 34 heavy (non-hydrogen) atoms. The van der Waals surface area contributed by atoms with Gasteiger partial charge in [-0.15, -0.1) is 0 Å². The van der Waals surface area contributed by atoms with Crippen LogP contribution in [0.2, 0.25) is 5.02 Å². The van der Waals surface area contributed by atoms with Crippen molar-refractivity contribution in [3.63, 3.8) is 0 Å². The van der Waals surface area contributed by atoms with Gasteiger partial charge in [0.15, 0.2) is 15.0 Å². The highest BCUT2D eigenvalue weighted by atomic mass is 35.5. The number of hydrogen-bond donors (Lipinski definition) is 2. The second-order valence-corrected chi connectivity index (χ2v) is 12.9. The molecular formula is C24H27ClN4O3S2. The number of halogens is 1. The molecule has 3 aliphatic heterocycles. The second-order valence-electron chi connectivity index (χ2n) is 9.06. The number of aliphatic imine (C=N–C) groups is 1. The Balaban J connectivity index is 1.16. The number of hydrogen-bond acceptors (Lipinski definition) is 7. The zero-order valence-electron chi connectivity index (χ0n) is 18.6. The van der Waals surface area contributed by atoms with Crippen molar-refractivity contribution >= 4 is 50.0 Å². The van der Waals surface area contributed by atoms with E-state index in [0.717, 1.165) is 32.5 Å². The number of benzene rings is 2. The normalized spacial score (nSPS) is 24.4. The van der Waals surface area contributed by atoms with Crippen LogP contribution in [0.3, 0.4) is 0 Å². The zero-order chi connectivity index (χ0) is 23.7. The molecule has 1 amide bonds. The Labute approximate surface area is 209 Å². The van der Waals surface area contributed by atoms with E-state index >= 15 is 0 Å². The first-order valence-electron chi connectivity index (χ1n) is 11.4. The van der Waals surface area contributed by atoms with E-state index in [2.05, 4.69) is 44.8 Å². The second kappa shape index (κ2) is 9.89. The Morgan fingerprint density at radius 1 is 1.12 bits per heavy atom. The van der Waals surface area contributed by atoms with Crippen molar-refractivity contribution in [2.24, 2.45) is 4.99 Å². The average molecular weight is 519 g/mol. The van der Waals surface area contributed by atoms with E-state index in [1.165, 1.54) is 17.3 Å². The number of fused-ring (bicyclic) bond motifs is 1. The summed E-state index contributed by atoms with van der Waals surface area (Å²) in [6.07, 6.45) is 1.83. The first kappa shape index (κ1) is 23.7. The molecule has 2 atom stereocenters. The molecule has 180 valence electrons. The summed E-state index contributed by atoms with van der Waals surface area (Å²) in [6.45, 7) is 2.83. The fourth-order valence-electron chi connectivity index (χ4n) is 4.64. The van der Waals surface area contributed by atoms with Crippen molar-refractivity contribution in [1.82, 2.24) is 10.2 Å². The molecule has 2 N–H and O–H groups in total. The van der Waals surface area contributed by atoms with Crippen LogP contribution in [0.5, 0.6) is 0 Å². The third kappa shape index (κ3) is 5.59. The van der Waals surface area contributed by atoms with Crippen LogP contribution in [-0.2, 0) is 16.4 Å². The average Bonchev–Trinajstić information content (AvgIpc) is 3.29. The molecule has 7 nitrogen and oxygen atoms in total. The zero-order valence-corrected chi connectivity index (χ0v) is 21.0. The number of piperidine rings is 1. The van der Waals surface area contributed by atoms with Crippen molar-refractivity contribution in [2.45, 2.75) is 36.7 Å². The lowest BCUT2D eigenvalue weighted by atomic mass is 10.0. The van der Waals surface area contributed by atoms with E-state index in [4.69, 9.17) is 11.6 Å². The summed E-state index contributed by atoms with van der Waals surface area (Å²) in [5.41, 5.74) is 2.44. The van der Waals surface area contributed by atoms with E-state index in [1.54, 1.807) is 18.2 Å². The van der Waals surface area contributed by atoms with Crippen molar-refractivity contribution < 1.29 is 13.2 Å². The molecule has 3 heterocycles. The van der Waals surface area contributed by atoms with E-state index in [-0.39, 0.29) is 34.7 Å². The number of nitrogens with zero attached hydrogens (tertiary/aromatic N) is 2. The van der Waals surface area contributed by atoms with Crippen molar-refractivity contribution in [3.8, 4) is 0 Å². The summed E-state index contributed by atoms with van der Waals surface area (Å²) in [4.78, 5) is 19.9. The Morgan fingerprint density at radius 2 is 1.88 bits per heavy atom. The summed E-state index contributed by atoms with van der Waals surface area (Å²) < 4.78 is 23.6. The van der Waals surface area contributed by atoms with Crippen molar-refractivity contribution in [1.29, 1.82) is 0 Å². The van der Waals surface area contributed by atoms with E-state index in [1.807, 2.05) is 6.07 Å². The number of amidine groups is 1. The molecule has 0 unspecified atom stereocenters. The molecule has 2 fully saturated rings. The van der Waals surface area contributed by atoms with Gasteiger partial charge in [-0.25, -0.2) is 8.42 Å². The van der Waals surface area contributed by atoms with Gasteiger partial charge in [-0.1, -0.05) is 53.7 Å². The van der Waals surface area contributed by atoms with Crippen LogP contribution in [0.4, 0.5) is 5.69 Å². The maximum absolute atomic E-state index is 12.9. The summed E-state index contributed by atoms with van der Waals surface area (Å²) in [7, 11) is -3.00. The maximum atomic E-state index is 12.9. The molecular weight excluding hydrogens is 492 g/mol. The summed E-state index contributed by atoms with van der Waals surface area (Å²) in [6, 6.07) is 15.5. The highest BCUT2D eigenvalue weighted by Gasteiger charge is 2.42. The quantitative estimate of drug-likeness (QED) is 0.630. The fourth-order valence-corrected chi connectivity index (χ4v) is 8.47. The molecule has 10 heteroatoms. The number of thioether (sulfide) groups is 1. The van der Waals surface area contributed by atoms with Crippen LogP contribution in [0, 0.1) is 0 Å². The predicted octanol–water partition coefficient (Wildman–Crippen LogP) is 3.41. The Morgan fingerprint density at radius 3 is 2.62 bits per heavy atom. The molecule has 0 bridgehead atoms. The number of anilines is 1. The van der Waals surface area contributed by atoms with Crippen LogP contribution in [-0.4, -0.2) is 66.3 Å². The van der Waals surface area contributed by atoms with Crippen LogP contribution in [0.15, 0.2) is 53.5 Å². The first-order valence-corrected chi connectivity index (χ1v) is 14.5. The molecule has 0 aromatic heterocycles. The number of carbonyl (C=O) groups is 1. The highest BCUT2D eigenvalue weighted by molar-refractivity contribution is 8.15. The van der Waals surface area contributed by atoms with Crippen molar-refractivity contribution in [3.05, 3.63) is 64.7 Å². The number of amides is 1. The molecule has 3 aliphatic rings. The van der Waals surface area contributed by atoms with Crippen molar-refractivity contribution in [2.75, 3.05) is 29.9 Å². The fraction of sp³-hybridized carbons (Fsp3) is 0.417. The largest absolute Gasteiger partial charge is 0.349 e. The monoisotopic (exact) mass is 518 g/mol. The summed E-state index contributed by atoms with van der Waals surface area (Å²) in [5, 5.41) is 7.44. The van der Waals surface area contributed by atoms with Gasteiger partial charge in [0.2, 0.25) is 0 Å². The lowest BCUT2D eigenvalue weighted by molar-refractivity contribution is 0.0909. The van der Waals surface area contributed by atoms with Gasteiger partial charge < -0.3 is 10.6 Å². The third-order valence-electron chi connectivity index (χ3n) is 6.46. The summed E-state index contributed by atoms with van der Waals surface area (Å²) >= 11 is 7.79. The molecule has 0 aliphatic carbocycles. The van der Waals surface area contributed by atoms with Gasteiger partial charge in [0.1, 0.15) is 0 Å².